The van der Waals surface area contributed by atoms with Crippen LogP contribution in [0, 0.1) is 0 Å². The number of carbonyl (C=O) groups excluding carboxylic acids is 1. The standard InChI is InChI=1S/C12H16Br2N2OS/c13-9-8-10(18-11(9)14)12(17)15-4-7-16-5-2-1-3-6-16/h8H,1-7H2,(H,15,17). The zero-order chi connectivity index (χ0) is 13.0. The molecule has 0 atom stereocenters. The van der Waals surface area contributed by atoms with E-state index in [4.69, 9.17) is 0 Å². The number of piperidine rings is 1. The molecule has 18 heavy (non-hydrogen) atoms. The summed E-state index contributed by atoms with van der Waals surface area (Å²) in [6, 6.07) is 1.85. The van der Waals surface area contributed by atoms with Crippen molar-refractivity contribution in [1.82, 2.24) is 10.2 Å². The van der Waals surface area contributed by atoms with Crippen LogP contribution in [-0.2, 0) is 0 Å². The first-order valence-electron chi connectivity index (χ1n) is 6.12. The molecule has 1 aliphatic heterocycles. The summed E-state index contributed by atoms with van der Waals surface area (Å²) < 4.78 is 1.90. The molecule has 1 aliphatic rings. The Balaban J connectivity index is 1.74. The average molecular weight is 396 g/mol. The van der Waals surface area contributed by atoms with E-state index in [0.717, 1.165) is 26.2 Å². The van der Waals surface area contributed by atoms with Crippen LogP contribution in [0.4, 0.5) is 0 Å². The monoisotopic (exact) mass is 394 g/mol. The first-order valence-corrected chi connectivity index (χ1v) is 8.52. The van der Waals surface area contributed by atoms with Crippen molar-refractivity contribution < 1.29 is 4.79 Å². The second-order valence-electron chi connectivity index (χ2n) is 4.39. The lowest BCUT2D eigenvalue weighted by Gasteiger charge is -2.26. The third-order valence-electron chi connectivity index (χ3n) is 3.03. The molecular weight excluding hydrogens is 380 g/mol. The van der Waals surface area contributed by atoms with Gasteiger partial charge in [-0.05, 0) is 63.9 Å². The predicted octanol–water partition coefficient (Wildman–Crippen LogP) is 3.49. The quantitative estimate of drug-likeness (QED) is 0.846. The van der Waals surface area contributed by atoms with Gasteiger partial charge < -0.3 is 10.2 Å². The van der Waals surface area contributed by atoms with Crippen LogP contribution in [0.2, 0.25) is 0 Å². The summed E-state index contributed by atoms with van der Waals surface area (Å²) in [6.07, 6.45) is 3.93. The van der Waals surface area contributed by atoms with Crippen LogP contribution in [0.1, 0.15) is 28.9 Å². The molecule has 2 rings (SSSR count). The second-order valence-corrected chi connectivity index (χ2v) is 7.61. The van der Waals surface area contributed by atoms with E-state index in [1.165, 1.54) is 43.7 Å². The van der Waals surface area contributed by atoms with E-state index in [2.05, 4.69) is 42.1 Å². The molecule has 1 aromatic rings. The van der Waals surface area contributed by atoms with E-state index in [1.807, 2.05) is 6.07 Å². The number of hydrogen-bond donors (Lipinski definition) is 1. The molecular formula is C12H16Br2N2OS. The lowest BCUT2D eigenvalue weighted by Crippen LogP contribution is -2.37. The Morgan fingerprint density at radius 2 is 2.06 bits per heavy atom. The smallest absolute Gasteiger partial charge is 0.261 e. The van der Waals surface area contributed by atoms with Gasteiger partial charge in [0.05, 0.1) is 8.66 Å². The SMILES string of the molecule is O=C(NCCN1CCCCC1)c1cc(Br)c(Br)s1. The van der Waals surface area contributed by atoms with Crippen molar-refractivity contribution in [3.63, 3.8) is 0 Å². The number of likely N-dealkylation sites (tertiary alicyclic amines) is 1. The van der Waals surface area contributed by atoms with Crippen molar-refractivity contribution in [3.8, 4) is 0 Å². The zero-order valence-electron chi connectivity index (χ0n) is 10.0. The highest BCUT2D eigenvalue weighted by molar-refractivity contribution is 9.13. The Morgan fingerprint density at radius 3 is 2.67 bits per heavy atom. The minimum Gasteiger partial charge on any atom is -0.350 e. The number of nitrogens with zero attached hydrogens (tertiary/aromatic N) is 1. The number of carbonyl (C=O) groups is 1. The number of thiophene rings is 1. The van der Waals surface area contributed by atoms with E-state index in [1.54, 1.807) is 0 Å². The normalized spacial score (nSPS) is 16.8. The predicted molar refractivity (Wildman–Crippen MR) is 82.3 cm³/mol. The van der Waals surface area contributed by atoms with Crippen LogP contribution < -0.4 is 5.32 Å². The summed E-state index contributed by atoms with van der Waals surface area (Å²) in [5, 5.41) is 2.97. The molecule has 0 aromatic carbocycles. The van der Waals surface area contributed by atoms with Crippen molar-refractivity contribution in [2.75, 3.05) is 26.2 Å². The summed E-state index contributed by atoms with van der Waals surface area (Å²) in [5.41, 5.74) is 0. The van der Waals surface area contributed by atoms with Gasteiger partial charge in [-0.3, -0.25) is 4.79 Å². The highest BCUT2D eigenvalue weighted by atomic mass is 79.9. The number of halogens is 2. The molecule has 0 unspecified atom stereocenters. The van der Waals surface area contributed by atoms with E-state index in [-0.39, 0.29) is 5.91 Å². The molecule has 1 aromatic heterocycles. The van der Waals surface area contributed by atoms with Gasteiger partial charge in [0.2, 0.25) is 0 Å². The van der Waals surface area contributed by atoms with Crippen LogP contribution in [-0.4, -0.2) is 37.0 Å². The maximum atomic E-state index is 11.9. The topological polar surface area (TPSA) is 32.3 Å². The van der Waals surface area contributed by atoms with Crippen molar-refractivity contribution in [1.29, 1.82) is 0 Å². The molecule has 0 spiro atoms. The van der Waals surface area contributed by atoms with Crippen molar-refractivity contribution in [2.24, 2.45) is 0 Å². The summed E-state index contributed by atoms with van der Waals surface area (Å²) in [5.74, 6) is 0.0170. The van der Waals surface area contributed by atoms with Gasteiger partial charge >= 0.3 is 0 Å². The molecule has 6 heteroatoms. The van der Waals surface area contributed by atoms with E-state index >= 15 is 0 Å². The van der Waals surface area contributed by atoms with Gasteiger partial charge in [-0.25, -0.2) is 0 Å². The van der Waals surface area contributed by atoms with Crippen LogP contribution in [0.15, 0.2) is 14.3 Å². The van der Waals surface area contributed by atoms with Crippen molar-refractivity contribution >= 4 is 49.1 Å². The Kier molecular flexibility index (Phi) is 5.66. The summed E-state index contributed by atoms with van der Waals surface area (Å²) in [6.45, 7) is 4.03. The number of nitrogens with one attached hydrogen (secondary N) is 1. The molecule has 1 fully saturated rings. The minimum atomic E-state index is 0.0170. The van der Waals surface area contributed by atoms with Gasteiger partial charge in [0.15, 0.2) is 0 Å². The number of hydrogen-bond acceptors (Lipinski definition) is 3. The first-order chi connectivity index (χ1) is 8.66. The molecule has 0 saturated carbocycles. The molecule has 1 amide bonds. The third kappa shape index (κ3) is 4.05. The molecule has 1 N–H and O–H groups in total. The van der Waals surface area contributed by atoms with Gasteiger partial charge in [-0.15, -0.1) is 11.3 Å². The number of amides is 1. The largest absolute Gasteiger partial charge is 0.350 e. The average Bonchev–Trinajstić information content (AvgIpc) is 2.71. The van der Waals surface area contributed by atoms with Crippen LogP contribution >= 0.6 is 43.2 Å². The van der Waals surface area contributed by atoms with Crippen LogP contribution in [0.3, 0.4) is 0 Å². The Bertz CT molecular complexity index is 397. The minimum absolute atomic E-state index is 0.0170. The molecule has 3 nitrogen and oxygen atoms in total. The van der Waals surface area contributed by atoms with E-state index in [0.29, 0.717) is 0 Å². The lowest BCUT2D eigenvalue weighted by molar-refractivity contribution is 0.0950. The highest BCUT2D eigenvalue weighted by Gasteiger charge is 2.13. The summed E-state index contributed by atoms with van der Waals surface area (Å²) in [7, 11) is 0. The Hall–Kier alpha value is 0.0900. The fourth-order valence-corrected chi connectivity index (χ4v) is 4.01. The molecule has 0 radical (unpaired) electrons. The maximum Gasteiger partial charge on any atom is 0.261 e. The lowest BCUT2D eigenvalue weighted by atomic mass is 10.1. The molecule has 100 valence electrons. The molecule has 2 heterocycles. The fraction of sp³-hybridized carbons (Fsp3) is 0.583. The second kappa shape index (κ2) is 7.03. The van der Waals surface area contributed by atoms with Crippen LogP contribution in [0.25, 0.3) is 0 Å². The molecule has 1 saturated heterocycles. The van der Waals surface area contributed by atoms with Gasteiger partial charge in [0.1, 0.15) is 0 Å². The molecule has 0 bridgehead atoms. The van der Waals surface area contributed by atoms with Gasteiger partial charge in [-0.1, -0.05) is 6.42 Å². The van der Waals surface area contributed by atoms with Crippen molar-refractivity contribution in [3.05, 3.63) is 19.2 Å². The Labute approximate surface area is 128 Å². The van der Waals surface area contributed by atoms with Crippen LogP contribution in [0.5, 0.6) is 0 Å². The summed E-state index contributed by atoms with van der Waals surface area (Å²) in [4.78, 5) is 15.1. The maximum absolute atomic E-state index is 11.9. The van der Waals surface area contributed by atoms with E-state index in [9.17, 15) is 4.79 Å². The highest BCUT2D eigenvalue weighted by Crippen LogP contribution is 2.32. The van der Waals surface area contributed by atoms with Gasteiger partial charge in [0.25, 0.3) is 5.91 Å². The Morgan fingerprint density at radius 1 is 1.33 bits per heavy atom. The first kappa shape index (κ1) is 14.5. The summed E-state index contributed by atoms with van der Waals surface area (Å²) >= 11 is 8.24. The fourth-order valence-electron chi connectivity index (χ4n) is 2.06. The molecule has 0 aliphatic carbocycles. The van der Waals surface area contributed by atoms with Crippen molar-refractivity contribution in [2.45, 2.75) is 19.3 Å². The van der Waals surface area contributed by atoms with E-state index < -0.39 is 0 Å². The number of rotatable bonds is 4. The third-order valence-corrected chi connectivity index (χ3v) is 6.29. The van der Waals surface area contributed by atoms with Gasteiger partial charge in [0, 0.05) is 17.6 Å². The zero-order valence-corrected chi connectivity index (χ0v) is 14.0. The van der Waals surface area contributed by atoms with Gasteiger partial charge in [-0.2, -0.15) is 0 Å².